The SMILES string of the molecule is CC.CN=C(N)/C=C\N(C=O)C[C@H](OC)C(OC)C(=O)NSC. The van der Waals surface area contributed by atoms with Crippen molar-refractivity contribution in [2.75, 3.05) is 34.1 Å². The summed E-state index contributed by atoms with van der Waals surface area (Å²) >= 11 is 1.16. The molecule has 0 aliphatic heterocycles. The second-order valence-corrected chi connectivity index (χ2v) is 4.48. The van der Waals surface area contributed by atoms with Crippen LogP contribution in [0.25, 0.3) is 0 Å². The van der Waals surface area contributed by atoms with Crippen molar-refractivity contribution < 1.29 is 19.1 Å². The molecule has 0 rings (SSSR count). The zero-order chi connectivity index (χ0) is 18.3. The molecule has 134 valence electrons. The Morgan fingerprint density at radius 1 is 1.39 bits per heavy atom. The molecule has 3 N–H and O–H groups in total. The molecule has 0 aliphatic rings. The molecule has 0 aromatic rings. The normalized spacial score (nSPS) is 13.7. The van der Waals surface area contributed by atoms with E-state index in [1.165, 1.54) is 38.4 Å². The number of aliphatic imine (C=N–C) groups is 1. The van der Waals surface area contributed by atoms with Gasteiger partial charge in [-0.25, -0.2) is 0 Å². The lowest BCUT2D eigenvalue weighted by Crippen LogP contribution is -2.46. The number of hydrogen-bond acceptors (Lipinski definition) is 6. The van der Waals surface area contributed by atoms with Crippen LogP contribution in [0.4, 0.5) is 0 Å². The number of nitrogens with one attached hydrogen (secondary N) is 1. The van der Waals surface area contributed by atoms with Crippen molar-refractivity contribution in [3.8, 4) is 0 Å². The van der Waals surface area contributed by atoms with Crippen molar-refractivity contribution in [3.63, 3.8) is 0 Å². The molecule has 0 fully saturated rings. The van der Waals surface area contributed by atoms with Crippen molar-refractivity contribution >= 4 is 30.1 Å². The maximum Gasteiger partial charge on any atom is 0.261 e. The number of nitrogens with two attached hydrogens (primary N) is 1. The highest BCUT2D eigenvalue weighted by Gasteiger charge is 2.29. The van der Waals surface area contributed by atoms with Gasteiger partial charge in [0.25, 0.3) is 5.91 Å². The van der Waals surface area contributed by atoms with Crippen LogP contribution >= 0.6 is 11.9 Å². The van der Waals surface area contributed by atoms with Gasteiger partial charge in [-0.3, -0.25) is 19.3 Å². The van der Waals surface area contributed by atoms with Crippen molar-refractivity contribution in [1.29, 1.82) is 0 Å². The lowest BCUT2D eigenvalue weighted by Gasteiger charge is -2.26. The lowest BCUT2D eigenvalue weighted by molar-refractivity contribution is -0.139. The van der Waals surface area contributed by atoms with Crippen molar-refractivity contribution in [1.82, 2.24) is 9.62 Å². The van der Waals surface area contributed by atoms with Crippen LogP contribution in [-0.2, 0) is 19.1 Å². The summed E-state index contributed by atoms with van der Waals surface area (Å²) in [5.41, 5.74) is 5.51. The van der Waals surface area contributed by atoms with E-state index in [2.05, 4.69) is 9.71 Å². The summed E-state index contributed by atoms with van der Waals surface area (Å²) in [5, 5.41) is 0. The Hall–Kier alpha value is -1.58. The van der Waals surface area contributed by atoms with Gasteiger partial charge in [-0.1, -0.05) is 25.8 Å². The molecule has 0 bridgehead atoms. The average Bonchev–Trinajstić information content (AvgIpc) is 2.59. The van der Waals surface area contributed by atoms with E-state index < -0.39 is 12.2 Å². The second kappa shape index (κ2) is 15.3. The van der Waals surface area contributed by atoms with Gasteiger partial charge >= 0.3 is 0 Å². The summed E-state index contributed by atoms with van der Waals surface area (Å²) in [7, 11) is 4.38. The molecule has 8 nitrogen and oxygen atoms in total. The second-order valence-electron chi connectivity index (χ2n) is 3.87. The van der Waals surface area contributed by atoms with Crippen LogP contribution in [-0.4, -0.2) is 69.3 Å². The number of rotatable bonds is 10. The molecule has 0 spiro atoms. The highest BCUT2D eigenvalue weighted by Crippen LogP contribution is 2.07. The van der Waals surface area contributed by atoms with Crippen LogP contribution in [0.3, 0.4) is 0 Å². The lowest BCUT2D eigenvalue weighted by atomic mass is 10.2. The highest BCUT2D eigenvalue weighted by molar-refractivity contribution is 7.97. The largest absolute Gasteiger partial charge is 0.384 e. The van der Waals surface area contributed by atoms with E-state index in [-0.39, 0.29) is 18.3 Å². The quantitative estimate of drug-likeness (QED) is 0.256. The predicted molar refractivity (Wildman–Crippen MR) is 94.1 cm³/mol. The molecular weight excluding hydrogens is 320 g/mol. The smallest absolute Gasteiger partial charge is 0.261 e. The molecule has 0 aliphatic carbocycles. The zero-order valence-electron chi connectivity index (χ0n) is 14.6. The van der Waals surface area contributed by atoms with E-state index in [1.807, 2.05) is 13.8 Å². The minimum Gasteiger partial charge on any atom is -0.384 e. The molecule has 1 unspecified atom stereocenters. The number of amides is 2. The first-order valence-electron chi connectivity index (χ1n) is 7.03. The number of hydrogen-bond donors (Lipinski definition) is 2. The first-order valence-corrected chi connectivity index (χ1v) is 8.26. The molecule has 0 saturated heterocycles. The number of nitrogens with zero attached hydrogens (tertiary/aromatic N) is 2. The fraction of sp³-hybridized carbons (Fsp3) is 0.643. The Labute approximate surface area is 142 Å². The maximum atomic E-state index is 11.9. The third-order valence-electron chi connectivity index (χ3n) is 2.58. The van der Waals surface area contributed by atoms with Gasteiger partial charge in [0.15, 0.2) is 6.10 Å². The molecule has 2 amide bonds. The minimum atomic E-state index is -0.838. The third kappa shape index (κ3) is 9.93. The molecular formula is C14H28N4O4S. The summed E-state index contributed by atoms with van der Waals surface area (Å²) in [4.78, 5) is 27.9. The summed E-state index contributed by atoms with van der Waals surface area (Å²) in [6, 6.07) is 0. The monoisotopic (exact) mass is 348 g/mol. The number of carbonyl (C=O) groups is 2. The fourth-order valence-corrected chi connectivity index (χ4v) is 1.79. The standard InChI is InChI=1S/C12H22N4O4S.C2H6/c1-14-10(13)5-6-16(8-17)7-9(19-2)11(20-3)12(18)15-21-4;1-2/h5-6,8-9,11H,7H2,1-4H3,(H2,13,14)(H,15,18);1-2H3/b6-5-;/t9-,11?;/m0./s1. The Morgan fingerprint density at radius 3 is 2.39 bits per heavy atom. The molecule has 0 aromatic carbocycles. The molecule has 0 heterocycles. The van der Waals surface area contributed by atoms with Crippen LogP contribution < -0.4 is 10.5 Å². The van der Waals surface area contributed by atoms with Gasteiger partial charge in [-0.15, -0.1) is 0 Å². The Bertz CT molecular complexity index is 391. The molecule has 0 saturated carbocycles. The van der Waals surface area contributed by atoms with E-state index in [0.717, 1.165) is 11.9 Å². The van der Waals surface area contributed by atoms with Crippen molar-refractivity contribution in [2.45, 2.75) is 26.1 Å². The van der Waals surface area contributed by atoms with E-state index >= 15 is 0 Å². The highest BCUT2D eigenvalue weighted by atomic mass is 32.2. The molecule has 2 atom stereocenters. The first-order chi connectivity index (χ1) is 11.0. The molecule has 23 heavy (non-hydrogen) atoms. The van der Waals surface area contributed by atoms with Crippen LogP contribution in [0.2, 0.25) is 0 Å². The fourth-order valence-electron chi connectivity index (χ4n) is 1.47. The topological polar surface area (TPSA) is 106 Å². The van der Waals surface area contributed by atoms with Crippen LogP contribution in [0.15, 0.2) is 17.3 Å². The van der Waals surface area contributed by atoms with Crippen LogP contribution in [0.5, 0.6) is 0 Å². The zero-order valence-corrected chi connectivity index (χ0v) is 15.4. The van der Waals surface area contributed by atoms with E-state index in [4.69, 9.17) is 15.2 Å². The van der Waals surface area contributed by atoms with Gasteiger partial charge in [0.1, 0.15) is 11.9 Å². The van der Waals surface area contributed by atoms with E-state index in [1.54, 1.807) is 6.26 Å². The third-order valence-corrected chi connectivity index (χ3v) is 2.98. The van der Waals surface area contributed by atoms with Gasteiger partial charge in [0, 0.05) is 33.7 Å². The molecule has 0 aromatic heterocycles. The van der Waals surface area contributed by atoms with Crippen LogP contribution in [0.1, 0.15) is 13.8 Å². The van der Waals surface area contributed by atoms with Crippen LogP contribution in [0, 0.1) is 0 Å². The Balaban J connectivity index is 0. The predicted octanol–water partition coefficient (Wildman–Crippen LogP) is 0.396. The summed E-state index contributed by atoms with van der Waals surface area (Å²) in [6.45, 7) is 4.13. The number of amidine groups is 1. The molecule has 9 heteroatoms. The van der Waals surface area contributed by atoms with E-state index in [9.17, 15) is 9.59 Å². The number of carbonyl (C=O) groups excluding carboxylic acids is 2. The van der Waals surface area contributed by atoms with Gasteiger partial charge < -0.3 is 20.1 Å². The van der Waals surface area contributed by atoms with Gasteiger partial charge in [0.05, 0.1) is 6.54 Å². The first kappa shape index (κ1) is 23.7. The minimum absolute atomic E-state index is 0.133. The molecule has 0 radical (unpaired) electrons. The average molecular weight is 348 g/mol. The van der Waals surface area contributed by atoms with Gasteiger partial charge in [-0.05, 0) is 6.08 Å². The number of ether oxygens (including phenoxy) is 2. The van der Waals surface area contributed by atoms with Gasteiger partial charge in [0.2, 0.25) is 6.41 Å². The van der Waals surface area contributed by atoms with Crippen molar-refractivity contribution in [3.05, 3.63) is 12.3 Å². The van der Waals surface area contributed by atoms with E-state index in [0.29, 0.717) is 6.41 Å². The van der Waals surface area contributed by atoms with Crippen molar-refractivity contribution in [2.24, 2.45) is 10.7 Å². The maximum absolute atomic E-state index is 11.9. The summed E-state index contributed by atoms with van der Waals surface area (Å²) < 4.78 is 13.0. The number of methoxy groups -OCH3 is 2. The summed E-state index contributed by atoms with van der Waals surface area (Å²) in [6.07, 6.45) is 3.79. The Kier molecular flexibility index (Phi) is 15.8. The van der Waals surface area contributed by atoms with Gasteiger partial charge in [-0.2, -0.15) is 0 Å². The summed E-state index contributed by atoms with van der Waals surface area (Å²) in [5.74, 6) is -0.0550. The Morgan fingerprint density at radius 2 is 2.00 bits per heavy atom.